The van der Waals surface area contributed by atoms with Crippen molar-refractivity contribution in [1.82, 2.24) is 4.90 Å². The van der Waals surface area contributed by atoms with Crippen LogP contribution in [0.2, 0.25) is 0 Å². The molecule has 0 saturated carbocycles. The van der Waals surface area contributed by atoms with Crippen molar-refractivity contribution in [2.75, 3.05) is 25.8 Å². The molecule has 156 valence electrons. The van der Waals surface area contributed by atoms with E-state index in [0.29, 0.717) is 35.7 Å². The Morgan fingerprint density at radius 2 is 1.83 bits per heavy atom. The third-order valence-corrected chi connectivity index (χ3v) is 5.33. The molecule has 30 heavy (non-hydrogen) atoms. The number of ketones is 1. The Labute approximate surface area is 173 Å². The summed E-state index contributed by atoms with van der Waals surface area (Å²) in [5.74, 6) is 0.00335. The van der Waals surface area contributed by atoms with Crippen LogP contribution in [0, 0.1) is 0 Å². The van der Waals surface area contributed by atoms with Crippen molar-refractivity contribution in [3.63, 3.8) is 0 Å². The molecular weight excluding hydrogens is 388 g/mol. The van der Waals surface area contributed by atoms with Gasteiger partial charge in [0.15, 0.2) is 17.3 Å². The van der Waals surface area contributed by atoms with Gasteiger partial charge in [0.1, 0.15) is 6.04 Å². The fraction of sp³-hybridized carbons (Fsp3) is 0.318. The second-order valence-corrected chi connectivity index (χ2v) is 7.27. The molecule has 2 aromatic rings. The lowest BCUT2D eigenvalue weighted by Gasteiger charge is -2.34. The Kier molecular flexibility index (Phi) is 5.41. The largest absolute Gasteiger partial charge is 0.468 e. The van der Waals surface area contributed by atoms with E-state index in [9.17, 15) is 14.4 Å². The molecule has 0 aliphatic carbocycles. The summed E-state index contributed by atoms with van der Waals surface area (Å²) in [6, 6.07) is 10.4. The molecule has 0 fully saturated rings. The van der Waals surface area contributed by atoms with Gasteiger partial charge >= 0.3 is 5.97 Å². The molecule has 8 nitrogen and oxygen atoms in total. The Morgan fingerprint density at radius 1 is 1.13 bits per heavy atom. The van der Waals surface area contributed by atoms with Crippen LogP contribution >= 0.6 is 0 Å². The molecule has 0 saturated heterocycles. The number of hydrogen-bond donors (Lipinski definition) is 1. The highest BCUT2D eigenvalue weighted by Crippen LogP contribution is 2.37. The number of fused-ring (bicyclic) bond motifs is 2. The number of amides is 1. The molecule has 2 aromatic carbocycles. The van der Waals surface area contributed by atoms with E-state index in [1.807, 2.05) is 24.3 Å². The number of methoxy groups -OCH3 is 1. The summed E-state index contributed by atoms with van der Waals surface area (Å²) in [7, 11) is 1.34. The van der Waals surface area contributed by atoms with Gasteiger partial charge in [-0.25, -0.2) is 0 Å². The number of anilines is 1. The summed E-state index contributed by atoms with van der Waals surface area (Å²) < 4.78 is 15.6. The first-order chi connectivity index (χ1) is 14.5. The van der Waals surface area contributed by atoms with E-state index in [1.54, 1.807) is 17.0 Å². The van der Waals surface area contributed by atoms with Crippen LogP contribution < -0.4 is 14.8 Å². The molecule has 0 bridgehead atoms. The molecule has 8 heteroatoms. The van der Waals surface area contributed by atoms with Crippen LogP contribution in [-0.2, 0) is 27.3 Å². The zero-order valence-corrected chi connectivity index (χ0v) is 16.8. The van der Waals surface area contributed by atoms with Gasteiger partial charge in [0, 0.05) is 18.2 Å². The van der Waals surface area contributed by atoms with E-state index in [1.165, 1.54) is 14.0 Å². The minimum Gasteiger partial charge on any atom is -0.468 e. The van der Waals surface area contributed by atoms with Gasteiger partial charge in [-0.15, -0.1) is 0 Å². The fourth-order valence-electron chi connectivity index (χ4n) is 3.82. The molecule has 2 aliphatic heterocycles. The Bertz CT molecular complexity index is 1020. The van der Waals surface area contributed by atoms with Crippen molar-refractivity contribution in [2.45, 2.75) is 25.9 Å². The molecule has 0 unspecified atom stereocenters. The van der Waals surface area contributed by atoms with Gasteiger partial charge in [0.05, 0.1) is 19.3 Å². The van der Waals surface area contributed by atoms with Crippen LogP contribution in [0.15, 0.2) is 36.4 Å². The van der Waals surface area contributed by atoms with Crippen LogP contribution in [0.5, 0.6) is 11.5 Å². The maximum absolute atomic E-state index is 12.8. The Hall–Kier alpha value is -3.39. The number of nitrogens with one attached hydrogen (secondary N) is 1. The predicted molar refractivity (Wildman–Crippen MR) is 108 cm³/mol. The molecule has 0 radical (unpaired) electrons. The minimum atomic E-state index is -0.556. The maximum atomic E-state index is 12.8. The SMILES string of the molecule is COC(=O)[C@@H]1Cc2ccccc2CN1CC(=O)Nc1cc2c(cc1C(C)=O)OCO2. The molecule has 2 aliphatic rings. The quantitative estimate of drug-likeness (QED) is 0.596. The average molecular weight is 410 g/mol. The molecule has 1 atom stereocenters. The second-order valence-electron chi connectivity index (χ2n) is 7.27. The van der Waals surface area contributed by atoms with Crippen molar-refractivity contribution < 1.29 is 28.6 Å². The maximum Gasteiger partial charge on any atom is 0.323 e. The van der Waals surface area contributed by atoms with Crippen LogP contribution in [-0.4, -0.2) is 49.0 Å². The number of Topliss-reactive ketones (excluding diaryl/α,β-unsaturated/α-hetero) is 1. The van der Waals surface area contributed by atoms with Crippen molar-refractivity contribution in [3.8, 4) is 11.5 Å². The second kappa shape index (κ2) is 8.16. The van der Waals surface area contributed by atoms with Crippen molar-refractivity contribution in [1.29, 1.82) is 0 Å². The summed E-state index contributed by atoms with van der Waals surface area (Å²) >= 11 is 0. The monoisotopic (exact) mass is 410 g/mol. The Balaban J connectivity index is 1.54. The first-order valence-electron chi connectivity index (χ1n) is 9.59. The van der Waals surface area contributed by atoms with Crippen LogP contribution in [0.25, 0.3) is 0 Å². The first-order valence-corrected chi connectivity index (χ1v) is 9.59. The smallest absolute Gasteiger partial charge is 0.323 e. The third-order valence-electron chi connectivity index (χ3n) is 5.33. The fourth-order valence-corrected chi connectivity index (χ4v) is 3.82. The lowest BCUT2D eigenvalue weighted by molar-refractivity contribution is -0.148. The highest BCUT2D eigenvalue weighted by Gasteiger charge is 2.33. The van der Waals surface area contributed by atoms with Crippen LogP contribution in [0.3, 0.4) is 0 Å². The zero-order chi connectivity index (χ0) is 21.3. The zero-order valence-electron chi connectivity index (χ0n) is 16.8. The van der Waals surface area contributed by atoms with Crippen molar-refractivity contribution >= 4 is 23.3 Å². The van der Waals surface area contributed by atoms with Gasteiger partial charge < -0.3 is 19.5 Å². The lowest BCUT2D eigenvalue weighted by atomic mass is 9.94. The standard InChI is InChI=1S/C22H22N2O6/c1-13(25)16-8-19-20(30-12-29-19)9-17(16)23-21(26)11-24-10-15-6-4-3-5-14(15)7-18(24)22(27)28-2/h3-6,8-9,18H,7,10-12H2,1-2H3,(H,23,26)/t18-/m0/s1. The number of benzene rings is 2. The normalized spacial score (nSPS) is 17.2. The van der Waals surface area contributed by atoms with Gasteiger partial charge in [0.25, 0.3) is 0 Å². The minimum absolute atomic E-state index is 0.0279. The molecule has 4 rings (SSSR count). The average Bonchev–Trinajstić information content (AvgIpc) is 3.19. The molecule has 2 heterocycles. The first kappa shape index (κ1) is 19.9. The molecule has 0 spiro atoms. The van der Waals surface area contributed by atoms with Crippen LogP contribution in [0.1, 0.15) is 28.4 Å². The summed E-state index contributed by atoms with van der Waals surface area (Å²) in [5, 5.41) is 2.78. The third kappa shape index (κ3) is 3.86. The van der Waals surface area contributed by atoms with E-state index in [0.717, 1.165) is 11.1 Å². The molecule has 0 aromatic heterocycles. The summed E-state index contributed by atoms with van der Waals surface area (Å²) in [6.07, 6.45) is 0.471. The number of nitrogens with zero attached hydrogens (tertiary/aromatic N) is 1. The van der Waals surface area contributed by atoms with E-state index < -0.39 is 6.04 Å². The van der Waals surface area contributed by atoms with E-state index in [-0.39, 0.29) is 31.0 Å². The highest BCUT2D eigenvalue weighted by atomic mass is 16.7. The van der Waals surface area contributed by atoms with E-state index >= 15 is 0 Å². The summed E-state index contributed by atoms with van der Waals surface area (Å²) in [5.41, 5.74) is 2.82. The molecular formula is C22H22N2O6. The Morgan fingerprint density at radius 3 is 2.53 bits per heavy atom. The highest BCUT2D eigenvalue weighted by molar-refractivity contribution is 6.05. The van der Waals surface area contributed by atoms with Gasteiger partial charge in [-0.1, -0.05) is 24.3 Å². The number of hydrogen-bond acceptors (Lipinski definition) is 7. The topological polar surface area (TPSA) is 94.2 Å². The van der Waals surface area contributed by atoms with E-state index in [2.05, 4.69) is 5.32 Å². The van der Waals surface area contributed by atoms with Gasteiger partial charge in [-0.2, -0.15) is 0 Å². The summed E-state index contributed by atoms with van der Waals surface area (Å²) in [6.45, 7) is 1.91. The number of ether oxygens (including phenoxy) is 3. The van der Waals surface area contributed by atoms with Crippen molar-refractivity contribution in [3.05, 3.63) is 53.1 Å². The number of esters is 1. The van der Waals surface area contributed by atoms with Gasteiger partial charge in [0.2, 0.25) is 12.7 Å². The lowest BCUT2D eigenvalue weighted by Crippen LogP contribution is -2.49. The van der Waals surface area contributed by atoms with Gasteiger partial charge in [-0.05, 0) is 30.5 Å². The van der Waals surface area contributed by atoms with E-state index in [4.69, 9.17) is 14.2 Å². The summed E-state index contributed by atoms with van der Waals surface area (Å²) in [4.78, 5) is 39.0. The van der Waals surface area contributed by atoms with Gasteiger partial charge in [-0.3, -0.25) is 19.3 Å². The van der Waals surface area contributed by atoms with Crippen molar-refractivity contribution in [2.24, 2.45) is 0 Å². The predicted octanol–water partition coefficient (Wildman–Crippen LogP) is 2.16. The number of rotatable bonds is 5. The number of carbonyl (C=O) groups excluding carboxylic acids is 3. The number of carbonyl (C=O) groups is 3. The van der Waals surface area contributed by atoms with Crippen LogP contribution in [0.4, 0.5) is 5.69 Å². The molecule has 1 N–H and O–H groups in total. The molecule has 1 amide bonds.